The third-order valence-corrected chi connectivity index (χ3v) is 4.95. The Hall–Kier alpha value is -1.34. The number of halogens is 2. The van der Waals surface area contributed by atoms with Crippen molar-refractivity contribution in [2.75, 3.05) is 4.72 Å². The standard InChI is InChI=1S/C13H10Cl2N2O2S2/c14-11-5-4-9(7-12(11)15)17-21(18,19)10-3-1-2-8(6-10)13(16)20/h1-7,17H,(H2,16,20). The molecule has 0 heterocycles. The van der Waals surface area contributed by atoms with E-state index in [0.29, 0.717) is 16.3 Å². The fourth-order valence-electron chi connectivity index (χ4n) is 1.59. The summed E-state index contributed by atoms with van der Waals surface area (Å²) in [4.78, 5) is 0.181. The first-order chi connectivity index (χ1) is 9.79. The van der Waals surface area contributed by atoms with Gasteiger partial charge in [0, 0.05) is 5.56 Å². The van der Waals surface area contributed by atoms with Crippen LogP contribution in [0.5, 0.6) is 0 Å². The first kappa shape index (κ1) is 16.0. The number of nitrogens with one attached hydrogen (secondary N) is 1. The van der Waals surface area contributed by atoms with Crippen LogP contribution in [0.1, 0.15) is 5.56 Å². The minimum atomic E-state index is -3.77. The molecule has 110 valence electrons. The summed E-state index contributed by atoms with van der Waals surface area (Å²) in [7, 11) is -3.77. The van der Waals surface area contributed by atoms with E-state index in [9.17, 15) is 8.42 Å². The molecule has 0 unspecified atom stereocenters. The highest BCUT2D eigenvalue weighted by Gasteiger charge is 2.15. The van der Waals surface area contributed by atoms with Crippen molar-refractivity contribution >= 4 is 56.1 Å². The highest BCUT2D eigenvalue weighted by Crippen LogP contribution is 2.26. The van der Waals surface area contributed by atoms with E-state index in [1.54, 1.807) is 12.1 Å². The van der Waals surface area contributed by atoms with Crippen LogP contribution in [0, 0.1) is 0 Å². The van der Waals surface area contributed by atoms with Gasteiger partial charge in [0.15, 0.2) is 0 Å². The van der Waals surface area contributed by atoms with Gasteiger partial charge in [0.2, 0.25) is 0 Å². The number of anilines is 1. The Morgan fingerprint density at radius 1 is 1.10 bits per heavy atom. The number of thiocarbonyl (C=S) groups is 1. The van der Waals surface area contributed by atoms with Crippen LogP contribution in [-0.4, -0.2) is 13.4 Å². The van der Waals surface area contributed by atoms with Crippen LogP contribution >= 0.6 is 35.4 Å². The zero-order valence-corrected chi connectivity index (χ0v) is 13.7. The molecule has 0 saturated heterocycles. The summed E-state index contributed by atoms with van der Waals surface area (Å²) < 4.78 is 27.0. The van der Waals surface area contributed by atoms with Gasteiger partial charge in [-0.2, -0.15) is 0 Å². The minimum absolute atomic E-state index is 0.0545. The lowest BCUT2D eigenvalue weighted by Crippen LogP contribution is -2.15. The molecule has 0 atom stereocenters. The molecular weight excluding hydrogens is 351 g/mol. The molecule has 2 aromatic rings. The van der Waals surface area contributed by atoms with Crippen molar-refractivity contribution in [3.8, 4) is 0 Å². The lowest BCUT2D eigenvalue weighted by atomic mass is 10.2. The fraction of sp³-hybridized carbons (Fsp3) is 0. The number of rotatable bonds is 4. The molecule has 0 radical (unpaired) electrons. The predicted octanol–water partition coefficient (Wildman–Crippen LogP) is 3.43. The van der Waals surface area contributed by atoms with Crippen LogP contribution in [-0.2, 0) is 10.0 Å². The third kappa shape index (κ3) is 3.85. The smallest absolute Gasteiger partial charge is 0.261 e. The summed E-state index contributed by atoms with van der Waals surface area (Å²) in [6.45, 7) is 0. The normalized spacial score (nSPS) is 11.1. The van der Waals surface area contributed by atoms with Crippen molar-refractivity contribution in [3.63, 3.8) is 0 Å². The van der Waals surface area contributed by atoms with Gasteiger partial charge in [0.1, 0.15) is 4.99 Å². The van der Waals surface area contributed by atoms with Crippen LogP contribution < -0.4 is 10.5 Å². The molecule has 2 rings (SSSR count). The SMILES string of the molecule is NC(=S)c1cccc(S(=O)(=O)Nc2ccc(Cl)c(Cl)c2)c1. The van der Waals surface area contributed by atoms with Gasteiger partial charge in [-0.3, -0.25) is 4.72 Å². The van der Waals surface area contributed by atoms with E-state index in [2.05, 4.69) is 4.72 Å². The zero-order chi connectivity index (χ0) is 15.6. The minimum Gasteiger partial charge on any atom is -0.389 e. The molecule has 0 aliphatic rings. The molecule has 0 bridgehead atoms. The molecule has 0 aliphatic carbocycles. The summed E-state index contributed by atoms with van der Waals surface area (Å²) in [5, 5.41) is 0.601. The maximum Gasteiger partial charge on any atom is 0.261 e. The fourth-order valence-corrected chi connectivity index (χ4v) is 3.11. The van der Waals surface area contributed by atoms with Gasteiger partial charge < -0.3 is 5.73 Å². The summed E-state index contributed by atoms with van der Waals surface area (Å²) in [6, 6.07) is 10.5. The Balaban J connectivity index is 2.36. The van der Waals surface area contributed by atoms with Crippen molar-refractivity contribution in [2.45, 2.75) is 4.90 Å². The summed E-state index contributed by atoms with van der Waals surface area (Å²) in [6.07, 6.45) is 0. The monoisotopic (exact) mass is 360 g/mol. The van der Waals surface area contributed by atoms with Crippen LogP contribution in [0.3, 0.4) is 0 Å². The van der Waals surface area contributed by atoms with Crippen molar-refractivity contribution < 1.29 is 8.42 Å². The van der Waals surface area contributed by atoms with E-state index < -0.39 is 10.0 Å². The molecule has 0 aromatic heterocycles. The van der Waals surface area contributed by atoms with Gasteiger partial charge in [-0.25, -0.2) is 8.42 Å². The van der Waals surface area contributed by atoms with Gasteiger partial charge in [0.05, 0.1) is 20.6 Å². The van der Waals surface area contributed by atoms with Gasteiger partial charge in [-0.1, -0.05) is 47.6 Å². The van der Waals surface area contributed by atoms with Gasteiger partial charge in [-0.05, 0) is 30.3 Å². The van der Waals surface area contributed by atoms with E-state index >= 15 is 0 Å². The van der Waals surface area contributed by atoms with E-state index in [-0.39, 0.29) is 14.9 Å². The second-order valence-electron chi connectivity index (χ2n) is 4.13. The molecule has 0 aliphatic heterocycles. The van der Waals surface area contributed by atoms with Crippen molar-refractivity contribution in [1.29, 1.82) is 0 Å². The van der Waals surface area contributed by atoms with Crippen LogP contribution in [0.4, 0.5) is 5.69 Å². The second-order valence-corrected chi connectivity index (χ2v) is 7.06. The molecule has 21 heavy (non-hydrogen) atoms. The van der Waals surface area contributed by atoms with Crippen molar-refractivity contribution in [3.05, 3.63) is 58.1 Å². The molecule has 3 N–H and O–H groups in total. The summed E-state index contributed by atoms with van der Waals surface area (Å²) in [5.74, 6) is 0. The largest absolute Gasteiger partial charge is 0.389 e. The van der Waals surface area contributed by atoms with E-state index in [1.165, 1.54) is 30.3 Å². The number of sulfonamides is 1. The molecule has 0 amide bonds. The Morgan fingerprint density at radius 2 is 1.81 bits per heavy atom. The number of hydrogen-bond donors (Lipinski definition) is 2. The van der Waals surface area contributed by atoms with E-state index in [1.807, 2.05) is 0 Å². The molecule has 2 aromatic carbocycles. The molecular formula is C13H10Cl2N2O2S2. The summed E-state index contributed by atoms with van der Waals surface area (Å²) in [5.41, 5.74) is 6.28. The Bertz CT molecular complexity index is 808. The average molecular weight is 361 g/mol. The lowest BCUT2D eigenvalue weighted by Gasteiger charge is -2.10. The number of hydrogen-bond acceptors (Lipinski definition) is 3. The topological polar surface area (TPSA) is 72.2 Å². The number of benzene rings is 2. The third-order valence-electron chi connectivity index (χ3n) is 2.60. The molecule has 0 fully saturated rings. The Labute approximate surface area is 137 Å². The second kappa shape index (κ2) is 6.19. The van der Waals surface area contributed by atoms with Crippen molar-refractivity contribution in [2.24, 2.45) is 5.73 Å². The number of nitrogens with two attached hydrogens (primary N) is 1. The predicted molar refractivity (Wildman–Crippen MR) is 89.6 cm³/mol. The Kier molecular flexibility index (Phi) is 4.73. The Morgan fingerprint density at radius 3 is 2.43 bits per heavy atom. The highest BCUT2D eigenvalue weighted by atomic mass is 35.5. The van der Waals surface area contributed by atoms with E-state index in [0.717, 1.165) is 0 Å². The average Bonchev–Trinajstić information content (AvgIpc) is 2.43. The van der Waals surface area contributed by atoms with Crippen LogP contribution in [0.25, 0.3) is 0 Å². The molecule has 4 nitrogen and oxygen atoms in total. The first-order valence-electron chi connectivity index (χ1n) is 5.67. The van der Waals surface area contributed by atoms with Gasteiger partial charge >= 0.3 is 0 Å². The maximum absolute atomic E-state index is 12.3. The van der Waals surface area contributed by atoms with Crippen LogP contribution in [0.2, 0.25) is 10.0 Å². The van der Waals surface area contributed by atoms with Crippen molar-refractivity contribution in [1.82, 2.24) is 0 Å². The van der Waals surface area contributed by atoms with E-state index in [4.69, 9.17) is 41.2 Å². The lowest BCUT2D eigenvalue weighted by molar-refractivity contribution is 0.601. The maximum atomic E-state index is 12.3. The molecule has 0 spiro atoms. The molecule has 8 heteroatoms. The zero-order valence-electron chi connectivity index (χ0n) is 10.5. The summed E-state index contributed by atoms with van der Waals surface area (Å²) >= 11 is 16.5. The van der Waals surface area contributed by atoms with Gasteiger partial charge in [-0.15, -0.1) is 0 Å². The molecule has 0 saturated carbocycles. The van der Waals surface area contributed by atoms with Crippen LogP contribution in [0.15, 0.2) is 47.4 Å². The van der Waals surface area contributed by atoms with Gasteiger partial charge in [0.25, 0.3) is 10.0 Å². The first-order valence-corrected chi connectivity index (χ1v) is 8.32. The quantitative estimate of drug-likeness (QED) is 0.819. The highest BCUT2D eigenvalue weighted by molar-refractivity contribution is 7.92.